The molecule has 340 valence electrons. The monoisotopic (exact) mass is 882 g/mol. The molecule has 65 heavy (non-hydrogen) atoms. The Balaban J connectivity index is 0.816. The van der Waals surface area contributed by atoms with E-state index in [9.17, 15) is 19.6 Å². The Morgan fingerprint density at radius 2 is 1.68 bits per heavy atom. The second-order valence-electron chi connectivity index (χ2n) is 19.5. The number of hydrogen-bond acceptors (Lipinski definition) is 11. The van der Waals surface area contributed by atoms with E-state index in [0.717, 1.165) is 106 Å². The maximum absolute atomic E-state index is 15.4. The number of fused-ring (bicyclic) bond motifs is 1. The molecule has 4 fully saturated rings. The van der Waals surface area contributed by atoms with Crippen LogP contribution in [0.4, 0.5) is 15.9 Å². The topological polar surface area (TPSA) is 178 Å². The number of imide groups is 1. The molecule has 3 aliphatic heterocycles. The van der Waals surface area contributed by atoms with Gasteiger partial charge in [-0.25, -0.2) is 18.9 Å². The molecule has 0 spiro atoms. The summed E-state index contributed by atoms with van der Waals surface area (Å²) in [6.45, 7) is 11.5. The highest BCUT2D eigenvalue weighted by molar-refractivity contribution is 6.01. The quantitative estimate of drug-likeness (QED) is 0.121. The van der Waals surface area contributed by atoms with E-state index in [4.69, 9.17) is 15.1 Å². The second-order valence-corrected chi connectivity index (χ2v) is 19.5. The third kappa shape index (κ3) is 9.20. The zero-order valence-electron chi connectivity index (χ0n) is 37.8. The van der Waals surface area contributed by atoms with Crippen LogP contribution < -0.4 is 20.9 Å². The van der Waals surface area contributed by atoms with Crippen molar-refractivity contribution in [2.45, 2.75) is 128 Å². The van der Waals surface area contributed by atoms with Crippen LogP contribution in [0.2, 0.25) is 0 Å². The zero-order chi connectivity index (χ0) is 45.5. The smallest absolute Gasteiger partial charge is 0.249 e. The van der Waals surface area contributed by atoms with Crippen molar-refractivity contribution in [1.82, 2.24) is 44.9 Å². The number of rotatable bonds is 10. The van der Waals surface area contributed by atoms with Crippen LogP contribution >= 0.6 is 0 Å². The predicted molar refractivity (Wildman–Crippen MR) is 245 cm³/mol. The summed E-state index contributed by atoms with van der Waals surface area (Å²) in [4.78, 5) is 51.8. The van der Waals surface area contributed by atoms with Gasteiger partial charge in [0.15, 0.2) is 0 Å². The summed E-state index contributed by atoms with van der Waals surface area (Å²) >= 11 is 0. The summed E-state index contributed by atoms with van der Waals surface area (Å²) in [5, 5.41) is 28.0. The summed E-state index contributed by atoms with van der Waals surface area (Å²) in [6.07, 6.45) is 18.0. The molecule has 4 aliphatic rings. The molecule has 4 aromatic heterocycles. The SMILES string of the molecule is CCC1(C(=O)NC(C)(C)C)CCN(c2ccc(-c3nc(-c4cnn(C5CCC(N6CCC(c7ccc(NC8CCC(=O)NC8=O)cc7F)CC6)CC5)c4)cn4ncc(C#N)c34)cn2)CC1. The van der Waals surface area contributed by atoms with E-state index in [2.05, 4.69) is 54.7 Å². The van der Waals surface area contributed by atoms with E-state index in [1.54, 1.807) is 10.7 Å². The Labute approximate surface area is 379 Å². The maximum Gasteiger partial charge on any atom is 0.249 e. The molecule has 0 bridgehead atoms. The van der Waals surface area contributed by atoms with Crippen molar-refractivity contribution >= 4 is 34.7 Å². The molecule has 1 aliphatic carbocycles. The van der Waals surface area contributed by atoms with Gasteiger partial charge in [0, 0.05) is 60.3 Å². The Bertz CT molecular complexity index is 2600. The van der Waals surface area contributed by atoms with E-state index >= 15 is 4.39 Å². The average molecular weight is 883 g/mol. The van der Waals surface area contributed by atoms with E-state index in [0.29, 0.717) is 40.6 Å². The van der Waals surface area contributed by atoms with Crippen LogP contribution in [-0.4, -0.2) is 95.8 Å². The van der Waals surface area contributed by atoms with Crippen molar-refractivity contribution < 1.29 is 18.8 Å². The minimum atomic E-state index is -0.547. The molecule has 15 nitrogen and oxygen atoms in total. The molecule has 3 saturated heterocycles. The van der Waals surface area contributed by atoms with Crippen LogP contribution in [0.3, 0.4) is 0 Å². The number of pyridine rings is 1. The first-order valence-electron chi connectivity index (χ1n) is 23.3. The fraction of sp³-hybridized carbons (Fsp3) is 0.510. The first-order chi connectivity index (χ1) is 31.3. The number of carbonyl (C=O) groups is 3. The summed E-state index contributed by atoms with van der Waals surface area (Å²) in [5.74, 6) is 0.213. The number of benzene rings is 1. The largest absolute Gasteiger partial charge is 0.374 e. The van der Waals surface area contributed by atoms with Gasteiger partial charge in [-0.2, -0.15) is 15.5 Å². The molecule has 5 aromatic rings. The third-order valence-corrected chi connectivity index (χ3v) is 14.3. The van der Waals surface area contributed by atoms with Crippen LogP contribution in [0.15, 0.2) is 61.3 Å². The van der Waals surface area contributed by atoms with Gasteiger partial charge in [-0.15, -0.1) is 0 Å². The number of hydrogen-bond donors (Lipinski definition) is 3. The standard InChI is InChI=1S/C49H59FN12O3/c1-5-49(47(65)58-48(2,3)4)18-22-60(23-19-49)42-14-6-32(26-52-42)44-45-33(25-51)27-54-62(45)30-41(56-44)34-28-53-61(29-34)37-10-8-36(9-11-37)59-20-16-31(17-21-59)38-12-7-35(24-39(38)50)55-40-13-15-43(63)57-46(40)64/h6-7,12,14,24,26-31,36-37,40,55H,5,8-11,13,15-23H2,1-4H3,(H,58,65)(H,57,63,64). The summed E-state index contributed by atoms with van der Waals surface area (Å²) in [5.41, 5.74) is 4.63. The van der Waals surface area contributed by atoms with Crippen LogP contribution in [0.5, 0.6) is 0 Å². The Kier molecular flexibility index (Phi) is 12.2. The normalized spacial score (nSPS) is 22.1. The van der Waals surface area contributed by atoms with Crippen molar-refractivity contribution in [3.8, 4) is 28.6 Å². The number of anilines is 2. The Morgan fingerprint density at radius 1 is 0.923 bits per heavy atom. The molecule has 16 heteroatoms. The number of piperidine rings is 3. The van der Waals surface area contributed by atoms with Crippen LogP contribution in [-0.2, 0) is 14.4 Å². The minimum absolute atomic E-state index is 0.131. The molecule has 7 heterocycles. The van der Waals surface area contributed by atoms with Gasteiger partial charge in [0.2, 0.25) is 17.7 Å². The number of aromatic nitrogens is 6. The summed E-state index contributed by atoms with van der Waals surface area (Å²) in [6, 6.07) is 11.6. The highest BCUT2D eigenvalue weighted by Gasteiger charge is 2.41. The Hall–Kier alpha value is -6.21. The molecular weight excluding hydrogens is 824 g/mol. The molecule has 1 unspecified atom stereocenters. The van der Waals surface area contributed by atoms with Gasteiger partial charge in [0.25, 0.3) is 0 Å². The molecule has 3 N–H and O–H groups in total. The van der Waals surface area contributed by atoms with Crippen LogP contribution in [0.1, 0.15) is 121 Å². The van der Waals surface area contributed by atoms with E-state index < -0.39 is 6.04 Å². The van der Waals surface area contributed by atoms with Crippen molar-refractivity contribution in [2.24, 2.45) is 5.41 Å². The first kappa shape index (κ1) is 44.0. The summed E-state index contributed by atoms with van der Waals surface area (Å²) in [7, 11) is 0. The second kappa shape index (κ2) is 18.0. The lowest BCUT2D eigenvalue weighted by Crippen LogP contribution is -2.53. The number of carbonyl (C=O) groups excluding carboxylic acids is 3. The average Bonchev–Trinajstić information content (AvgIpc) is 3.98. The zero-order valence-corrected chi connectivity index (χ0v) is 37.8. The highest BCUT2D eigenvalue weighted by atomic mass is 19.1. The molecule has 1 saturated carbocycles. The lowest BCUT2D eigenvalue weighted by molar-refractivity contribution is -0.135. The maximum atomic E-state index is 15.4. The van der Waals surface area contributed by atoms with Gasteiger partial charge in [0.1, 0.15) is 34.8 Å². The van der Waals surface area contributed by atoms with Crippen molar-refractivity contribution in [3.05, 3.63) is 78.3 Å². The van der Waals surface area contributed by atoms with Crippen LogP contribution in [0, 0.1) is 22.6 Å². The van der Waals surface area contributed by atoms with Crippen molar-refractivity contribution in [1.29, 1.82) is 5.26 Å². The molecule has 3 amide bonds. The fourth-order valence-corrected chi connectivity index (χ4v) is 10.4. The fourth-order valence-electron chi connectivity index (χ4n) is 10.4. The van der Waals surface area contributed by atoms with Gasteiger partial charge in [0.05, 0.1) is 41.4 Å². The molecule has 1 atom stereocenters. The lowest BCUT2D eigenvalue weighted by Gasteiger charge is -2.42. The molecular formula is C49H59FN12O3. The van der Waals surface area contributed by atoms with Crippen molar-refractivity contribution in [3.63, 3.8) is 0 Å². The molecule has 9 rings (SSSR count). The minimum Gasteiger partial charge on any atom is -0.374 e. The van der Waals surface area contributed by atoms with Gasteiger partial charge in [-0.1, -0.05) is 13.0 Å². The first-order valence-corrected chi connectivity index (χ1v) is 23.3. The van der Waals surface area contributed by atoms with Crippen molar-refractivity contribution in [2.75, 3.05) is 36.4 Å². The Morgan fingerprint density at radius 3 is 2.34 bits per heavy atom. The number of nitrogens with one attached hydrogen (secondary N) is 3. The van der Waals surface area contributed by atoms with Gasteiger partial charge in [-0.3, -0.25) is 24.4 Å². The number of halogens is 1. The van der Waals surface area contributed by atoms with E-state index in [1.165, 1.54) is 6.07 Å². The van der Waals surface area contributed by atoms with E-state index in [1.807, 2.05) is 63.6 Å². The molecule has 1 aromatic carbocycles. The third-order valence-electron chi connectivity index (χ3n) is 14.3. The van der Waals surface area contributed by atoms with Crippen LogP contribution in [0.25, 0.3) is 28.0 Å². The number of nitrogens with zero attached hydrogens (tertiary/aromatic N) is 9. The highest BCUT2D eigenvalue weighted by Crippen LogP contribution is 2.39. The molecule has 0 radical (unpaired) electrons. The lowest BCUT2D eigenvalue weighted by atomic mass is 9.75. The van der Waals surface area contributed by atoms with Gasteiger partial charge in [-0.05, 0) is 134 Å². The number of nitriles is 1. The van der Waals surface area contributed by atoms with Gasteiger partial charge >= 0.3 is 0 Å². The number of likely N-dealkylation sites (tertiary alicyclic amines) is 1. The van der Waals surface area contributed by atoms with E-state index in [-0.39, 0.29) is 52.9 Å². The number of amides is 3. The predicted octanol–water partition coefficient (Wildman–Crippen LogP) is 7.16. The summed E-state index contributed by atoms with van der Waals surface area (Å²) < 4.78 is 19.2. The van der Waals surface area contributed by atoms with Gasteiger partial charge < -0.3 is 20.4 Å².